The fourth-order valence-corrected chi connectivity index (χ4v) is 3.88. The number of aryl methyl sites for hydroxylation is 1. The summed E-state index contributed by atoms with van der Waals surface area (Å²) < 4.78 is 27.3. The molecule has 0 aromatic carbocycles. The van der Waals surface area contributed by atoms with Gasteiger partial charge in [0, 0.05) is 12.0 Å². The van der Waals surface area contributed by atoms with E-state index in [1.807, 2.05) is 13.8 Å². The van der Waals surface area contributed by atoms with E-state index in [0.717, 1.165) is 25.7 Å². The number of hydrogen-bond donors (Lipinski definition) is 2. The zero-order valence-corrected chi connectivity index (χ0v) is 11.8. The van der Waals surface area contributed by atoms with E-state index in [1.54, 1.807) is 0 Å². The lowest BCUT2D eigenvalue weighted by atomic mass is 9.84. The molecule has 0 radical (unpaired) electrons. The Morgan fingerprint density at radius 1 is 1.39 bits per heavy atom. The lowest BCUT2D eigenvalue weighted by Gasteiger charge is -2.33. The van der Waals surface area contributed by atoms with E-state index in [0.29, 0.717) is 12.2 Å². The number of imidazole rings is 1. The molecule has 2 rings (SSSR count). The Labute approximate surface area is 108 Å². The molecule has 5 nitrogen and oxygen atoms in total. The first-order valence-electron chi connectivity index (χ1n) is 6.53. The number of aromatic nitrogens is 2. The van der Waals surface area contributed by atoms with Gasteiger partial charge in [-0.05, 0) is 19.8 Å². The van der Waals surface area contributed by atoms with Gasteiger partial charge in [-0.2, -0.15) is 0 Å². The highest BCUT2D eigenvalue weighted by molar-refractivity contribution is 7.89. The summed E-state index contributed by atoms with van der Waals surface area (Å²) in [6, 6.07) is 0. The molecule has 2 N–H and O–H groups in total. The Morgan fingerprint density at radius 3 is 2.61 bits per heavy atom. The van der Waals surface area contributed by atoms with Gasteiger partial charge >= 0.3 is 0 Å². The summed E-state index contributed by atoms with van der Waals surface area (Å²) in [5.41, 5.74) is -0.311. The van der Waals surface area contributed by atoms with Crippen LogP contribution in [0.3, 0.4) is 0 Å². The molecule has 1 aromatic heterocycles. The normalized spacial score (nSPS) is 19.9. The molecule has 18 heavy (non-hydrogen) atoms. The molecule has 0 amide bonds. The van der Waals surface area contributed by atoms with E-state index < -0.39 is 10.0 Å². The van der Waals surface area contributed by atoms with Crippen molar-refractivity contribution in [1.82, 2.24) is 14.7 Å². The number of rotatable bonds is 4. The Morgan fingerprint density at radius 2 is 2.06 bits per heavy atom. The van der Waals surface area contributed by atoms with Crippen LogP contribution in [0.5, 0.6) is 0 Å². The molecule has 1 aliphatic carbocycles. The van der Waals surface area contributed by atoms with Crippen LogP contribution in [0, 0.1) is 0 Å². The molecule has 6 heteroatoms. The zero-order chi connectivity index (χ0) is 13.2. The largest absolute Gasteiger partial charge is 0.332 e. The van der Waals surface area contributed by atoms with E-state index in [4.69, 9.17) is 0 Å². The van der Waals surface area contributed by atoms with Crippen LogP contribution >= 0.6 is 0 Å². The fraction of sp³-hybridized carbons (Fsp3) is 0.750. The molecule has 0 saturated heterocycles. The predicted molar refractivity (Wildman–Crippen MR) is 69.8 cm³/mol. The van der Waals surface area contributed by atoms with Gasteiger partial charge in [-0.25, -0.2) is 18.1 Å². The summed E-state index contributed by atoms with van der Waals surface area (Å²) in [6.07, 6.45) is 7.27. The minimum Gasteiger partial charge on any atom is -0.332 e. The van der Waals surface area contributed by atoms with E-state index >= 15 is 0 Å². The molecule has 1 aromatic rings. The Kier molecular flexibility index (Phi) is 3.77. The molecule has 0 unspecified atom stereocenters. The van der Waals surface area contributed by atoms with Crippen molar-refractivity contribution in [2.24, 2.45) is 0 Å². The summed E-state index contributed by atoms with van der Waals surface area (Å²) in [6.45, 7) is 3.92. The van der Waals surface area contributed by atoms with Gasteiger partial charge in [0.2, 0.25) is 0 Å². The summed E-state index contributed by atoms with van der Waals surface area (Å²) in [7, 11) is -3.48. The van der Waals surface area contributed by atoms with Gasteiger partial charge in [0.05, 0.1) is 6.20 Å². The number of H-pyrrole nitrogens is 1. The third-order valence-corrected chi connectivity index (χ3v) is 5.12. The average molecular weight is 271 g/mol. The quantitative estimate of drug-likeness (QED) is 0.879. The van der Waals surface area contributed by atoms with Crippen LogP contribution in [-0.2, 0) is 16.4 Å². The monoisotopic (exact) mass is 271 g/mol. The number of aromatic amines is 1. The van der Waals surface area contributed by atoms with Gasteiger partial charge in [-0.3, -0.25) is 0 Å². The SMILES string of the molecule is CCc1ncc(S(=O)(=O)NC2(C)CCCCC2)[nH]1. The number of nitrogens with zero attached hydrogens (tertiary/aromatic N) is 1. The van der Waals surface area contributed by atoms with Crippen LogP contribution < -0.4 is 4.72 Å². The second-order valence-corrected chi connectivity index (χ2v) is 6.93. The van der Waals surface area contributed by atoms with Crippen LogP contribution in [0.25, 0.3) is 0 Å². The van der Waals surface area contributed by atoms with Crippen LogP contribution in [0.4, 0.5) is 0 Å². The van der Waals surface area contributed by atoms with E-state index in [1.165, 1.54) is 12.6 Å². The maximum Gasteiger partial charge on any atom is 0.258 e. The maximum absolute atomic E-state index is 12.3. The highest BCUT2D eigenvalue weighted by Gasteiger charge is 2.32. The fourth-order valence-electron chi connectivity index (χ4n) is 2.47. The Hall–Kier alpha value is -0.880. The first-order chi connectivity index (χ1) is 8.45. The van der Waals surface area contributed by atoms with Crippen LogP contribution in [0.15, 0.2) is 11.2 Å². The van der Waals surface area contributed by atoms with E-state index in [9.17, 15) is 8.42 Å². The minimum atomic E-state index is -3.48. The lowest BCUT2D eigenvalue weighted by molar-refractivity contribution is 0.293. The third-order valence-electron chi connectivity index (χ3n) is 3.57. The third kappa shape index (κ3) is 2.92. The van der Waals surface area contributed by atoms with E-state index in [2.05, 4.69) is 14.7 Å². The molecular weight excluding hydrogens is 250 g/mol. The highest BCUT2D eigenvalue weighted by Crippen LogP contribution is 2.29. The number of hydrogen-bond acceptors (Lipinski definition) is 3. The molecule has 1 saturated carbocycles. The van der Waals surface area contributed by atoms with Crippen molar-refractivity contribution in [3.05, 3.63) is 12.0 Å². The predicted octanol–water partition coefficient (Wildman–Crippen LogP) is 1.97. The second kappa shape index (κ2) is 5.01. The van der Waals surface area contributed by atoms with Crippen molar-refractivity contribution in [2.75, 3.05) is 0 Å². The first-order valence-corrected chi connectivity index (χ1v) is 8.01. The van der Waals surface area contributed by atoms with Crippen molar-refractivity contribution < 1.29 is 8.42 Å². The maximum atomic E-state index is 12.3. The molecule has 0 atom stereocenters. The average Bonchev–Trinajstić information content (AvgIpc) is 2.77. The van der Waals surface area contributed by atoms with Gasteiger partial charge in [-0.15, -0.1) is 0 Å². The van der Waals surface area contributed by atoms with Gasteiger partial charge in [0.25, 0.3) is 10.0 Å². The van der Waals surface area contributed by atoms with Crippen LogP contribution in [0.2, 0.25) is 0 Å². The summed E-state index contributed by atoms with van der Waals surface area (Å²) in [5, 5.41) is 0.172. The lowest BCUT2D eigenvalue weighted by Crippen LogP contribution is -2.47. The summed E-state index contributed by atoms with van der Waals surface area (Å²) >= 11 is 0. The second-order valence-electron chi connectivity index (χ2n) is 5.27. The Balaban J connectivity index is 2.16. The van der Waals surface area contributed by atoms with Crippen molar-refractivity contribution >= 4 is 10.0 Å². The summed E-state index contributed by atoms with van der Waals surface area (Å²) in [5.74, 6) is 0.698. The standard InChI is InChI=1S/C12H21N3O2S/c1-3-10-13-9-11(14-10)18(16,17)15-12(2)7-5-4-6-8-12/h9,15H,3-8H2,1-2H3,(H,13,14). The molecule has 0 aliphatic heterocycles. The number of nitrogens with one attached hydrogen (secondary N) is 2. The number of sulfonamides is 1. The van der Waals surface area contributed by atoms with Crippen LogP contribution in [0.1, 0.15) is 51.8 Å². The van der Waals surface area contributed by atoms with Crippen LogP contribution in [-0.4, -0.2) is 23.9 Å². The van der Waals surface area contributed by atoms with Gasteiger partial charge in [-0.1, -0.05) is 26.2 Å². The molecule has 0 bridgehead atoms. The first kappa shape index (κ1) is 13.5. The van der Waals surface area contributed by atoms with Gasteiger partial charge in [0.15, 0.2) is 5.03 Å². The molecular formula is C12H21N3O2S. The summed E-state index contributed by atoms with van der Waals surface area (Å²) in [4.78, 5) is 6.89. The molecule has 1 aliphatic rings. The van der Waals surface area contributed by atoms with Crippen molar-refractivity contribution in [1.29, 1.82) is 0 Å². The van der Waals surface area contributed by atoms with Crippen molar-refractivity contribution in [3.8, 4) is 0 Å². The zero-order valence-electron chi connectivity index (χ0n) is 11.0. The minimum absolute atomic E-state index is 0.172. The Bertz CT molecular complexity index is 501. The smallest absolute Gasteiger partial charge is 0.258 e. The van der Waals surface area contributed by atoms with Crippen molar-refractivity contribution in [2.45, 2.75) is 62.9 Å². The topological polar surface area (TPSA) is 74.8 Å². The van der Waals surface area contributed by atoms with E-state index in [-0.39, 0.29) is 10.6 Å². The van der Waals surface area contributed by atoms with Gasteiger partial charge < -0.3 is 4.98 Å². The molecule has 0 spiro atoms. The van der Waals surface area contributed by atoms with Gasteiger partial charge in [0.1, 0.15) is 5.82 Å². The molecule has 1 heterocycles. The highest BCUT2D eigenvalue weighted by atomic mass is 32.2. The van der Waals surface area contributed by atoms with Crippen molar-refractivity contribution in [3.63, 3.8) is 0 Å². The molecule has 102 valence electrons. The molecule has 1 fully saturated rings.